The number of nitrogens with zero attached hydrogens (tertiary/aromatic N) is 4. The Balaban J connectivity index is 1.20. The first-order valence-electron chi connectivity index (χ1n) is 12.4. The fraction of sp³-hybridized carbons (Fsp3) is 0.444. The average Bonchev–Trinajstić information content (AvgIpc) is 3.55. The molecule has 1 N–H and O–H groups in total. The van der Waals surface area contributed by atoms with E-state index in [0.29, 0.717) is 18.2 Å². The molecule has 1 atom stereocenters. The number of thioether (sulfide) groups is 1. The number of phenolic OH excluding ortho intramolecular Hbond substituents is 1. The molecule has 2 aliphatic rings. The number of ether oxygens (including phenoxy) is 1. The Hall–Kier alpha value is -2.84. The van der Waals surface area contributed by atoms with E-state index < -0.39 is 0 Å². The van der Waals surface area contributed by atoms with Crippen LogP contribution in [0.1, 0.15) is 31.2 Å². The van der Waals surface area contributed by atoms with Crippen LogP contribution in [0.4, 0.5) is 0 Å². The van der Waals surface area contributed by atoms with Gasteiger partial charge >= 0.3 is 0 Å². The molecule has 2 saturated heterocycles. The van der Waals surface area contributed by atoms with Crippen LogP contribution in [0.15, 0.2) is 59.8 Å². The van der Waals surface area contributed by atoms with Crippen LogP contribution in [-0.4, -0.2) is 62.2 Å². The summed E-state index contributed by atoms with van der Waals surface area (Å²) in [5, 5.41) is 19.2. The molecule has 1 amide bonds. The van der Waals surface area contributed by atoms with Gasteiger partial charge in [0.25, 0.3) is 0 Å². The van der Waals surface area contributed by atoms with Crippen LogP contribution in [0, 0.1) is 5.92 Å². The van der Waals surface area contributed by atoms with Crippen molar-refractivity contribution in [2.24, 2.45) is 5.92 Å². The zero-order chi connectivity index (χ0) is 24.0. The second-order valence-electron chi connectivity index (χ2n) is 9.40. The van der Waals surface area contributed by atoms with E-state index in [4.69, 9.17) is 4.74 Å². The minimum Gasteiger partial charge on any atom is -0.508 e. The first kappa shape index (κ1) is 23.9. The van der Waals surface area contributed by atoms with Crippen LogP contribution in [0.2, 0.25) is 0 Å². The monoisotopic (exact) mass is 492 g/mol. The Morgan fingerprint density at radius 3 is 2.51 bits per heavy atom. The Bertz CT molecular complexity index is 1110. The number of aromatic nitrogens is 3. The Kier molecular flexibility index (Phi) is 7.69. The summed E-state index contributed by atoms with van der Waals surface area (Å²) in [6.45, 7) is 3.07. The molecule has 184 valence electrons. The summed E-state index contributed by atoms with van der Waals surface area (Å²) in [6.07, 6.45) is 5.37. The van der Waals surface area contributed by atoms with Gasteiger partial charge in [-0.15, -0.1) is 10.2 Å². The highest BCUT2D eigenvalue weighted by Crippen LogP contribution is 2.28. The van der Waals surface area contributed by atoms with E-state index in [9.17, 15) is 9.90 Å². The van der Waals surface area contributed by atoms with Crippen LogP contribution >= 0.6 is 11.8 Å². The molecular weight excluding hydrogens is 460 g/mol. The van der Waals surface area contributed by atoms with Crippen LogP contribution in [-0.2, 0) is 22.5 Å². The third kappa shape index (κ3) is 6.05. The number of benzene rings is 2. The quantitative estimate of drug-likeness (QED) is 0.470. The van der Waals surface area contributed by atoms with Crippen molar-refractivity contribution in [3.63, 3.8) is 0 Å². The molecule has 0 saturated carbocycles. The Labute approximate surface area is 210 Å². The average molecular weight is 493 g/mol. The predicted molar refractivity (Wildman–Crippen MR) is 136 cm³/mol. The van der Waals surface area contributed by atoms with E-state index >= 15 is 0 Å². The summed E-state index contributed by atoms with van der Waals surface area (Å²) < 4.78 is 7.93. The third-order valence-corrected chi connectivity index (χ3v) is 7.86. The van der Waals surface area contributed by atoms with Crippen molar-refractivity contribution in [2.45, 2.75) is 49.9 Å². The SMILES string of the molecule is O=C(CSc1nnc(-c2ccc(O)cc2)n1CC1CCCO1)N1CCC(Cc2ccccc2)CC1. The van der Waals surface area contributed by atoms with E-state index in [-0.39, 0.29) is 17.8 Å². The number of hydrogen-bond donors (Lipinski definition) is 1. The molecule has 1 aromatic heterocycles. The van der Waals surface area contributed by atoms with Gasteiger partial charge in [-0.2, -0.15) is 0 Å². The summed E-state index contributed by atoms with van der Waals surface area (Å²) in [7, 11) is 0. The number of carbonyl (C=O) groups excluding carboxylic acids is 1. The zero-order valence-electron chi connectivity index (χ0n) is 19.9. The summed E-state index contributed by atoms with van der Waals surface area (Å²) in [6, 6.07) is 17.6. The molecular formula is C27H32N4O3S. The number of rotatable bonds is 8. The summed E-state index contributed by atoms with van der Waals surface area (Å²) in [4.78, 5) is 15.0. The van der Waals surface area contributed by atoms with Crippen molar-refractivity contribution in [1.82, 2.24) is 19.7 Å². The van der Waals surface area contributed by atoms with Gasteiger partial charge in [-0.25, -0.2) is 0 Å². The molecule has 0 radical (unpaired) electrons. The van der Waals surface area contributed by atoms with Gasteiger partial charge in [-0.05, 0) is 67.9 Å². The van der Waals surface area contributed by atoms with Crippen molar-refractivity contribution in [3.05, 3.63) is 60.2 Å². The molecule has 0 spiro atoms. The lowest BCUT2D eigenvalue weighted by Gasteiger charge is -2.32. The van der Waals surface area contributed by atoms with Gasteiger partial charge in [0.15, 0.2) is 11.0 Å². The van der Waals surface area contributed by atoms with Gasteiger partial charge in [0.1, 0.15) is 5.75 Å². The van der Waals surface area contributed by atoms with E-state index in [1.807, 2.05) is 17.0 Å². The summed E-state index contributed by atoms with van der Waals surface area (Å²) >= 11 is 1.45. The number of likely N-dealkylation sites (tertiary alicyclic amines) is 1. The topological polar surface area (TPSA) is 80.5 Å². The second kappa shape index (κ2) is 11.3. The largest absolute Gasteiger partial charge is 0.508 e. The molecule has 35 heavy (non-hydrogen) atoms. The van der Waals surface area contributed by atoms with Crippen LogP contribution in [0.3, 0.4) is 0 Å². The lowest BCUT2D eigenvalue weighted by molar-refractivity contribution is -0.129. The molecule has 3 aromatic rings. The van der Waals surface area contributed by atoms with Gasteiger partial charge in [0.05, 0.1) is 18.4 Å². The molecule has 2 aromatic carbocycles. The highest BCUT2D eigenvalue weighted by atomic mass is 32.2. The van der Waals surface area contributed by atoms with E-state index in [1.165, 1.54) is 17.3 Å². The van der Waals surface area contributed by atoms with Gasteiger partial charge in [0.2, 0.25) is 5.91 Å². The molecule has 2 fully saturated rings. The van der Waals surface area contributed by atoms with Crippen LogP contribution in [0.5, 0.6) is 5.75 Å². The highest BCUT2D eigenvalue weighted by Gasteiger charge is 2.25. The smallest absolute Gasteiger partial charge is 0.233 e. The highest BCUT2D eigenvalue weighted by molar-refractivity contribution is 7.99. The summed E-state index contributed by atoms with van der Waals surface area (Å²) in [5.74, 6) is 2.09. The van der Waals surface area contributed by atoms with E-state index in [2.05, 4.69) is 45.1 Å². The van der Waals surface area contributed by atoms with Gasteiger partial charge in [0, 0.05) is 25.3 Å². The molecule has 5 rings (SSSR count). The standard InChI is InChI=1S/C27H32N4O3S/c32-23-10-8-22(9-11-23)26-28-29-27(31(26)18-24-7-4-16-34-24)35-19-25(33)30-14-12-21(13-15-30)17-20-5-2-1-3-6-20/h1-3,5-6,8-11,21,24,32H,4,7,12-19H2. The number of amides is 1. The fourth-order valence-corrected chi connectivity index (χ4v) is 5.78. The normalized spacial score (nSPS) is 18.7. The maximum Gasteiger partial charge on any atom is 0.233 e. The van der Waals surface area contributed by atoms with Crippen molar-refractivity contribution in [1.29, 1.82) is 0 Å². The fourth-order valence-electron chi connectivity index (χ4n) is 4.93. The number of piperidine rings is 1. The van der Waals surface area contributed by atoms with Gasteiger partial charge in [-0.3, -0.25) is 9.36 Å². The zero-order valence-corrected chi connectivity index (χ0v) is 20.7. The summed E-state index contributed by atoms with van der Waals surface area (Å²) in [5.41, 5.74) is 2.26. The lowest BCUT2D eigenvalue weighted by Crippen LogP contribution is -2.39. The number of aromatic hydroxyl groups is 1. The van der Waals surface area contributed by atoms with Crippen LogP contribution in [0.25, 0.3) is 11.4 Å². The molecule has 0 aliphatic carbocycles. The third-order valence-electron chi connectivity index (χ3n) is 6.91. The number of carbonyl (C=O) groups is 1. The van der Waals surface area contributed by atoms with E-state index in [0.717, 1.165) is 68.3 Å². The van der Waals surface area contributed by atoms with Crippen LogP contribution < -0.4 is 0 Å². The van der Waals surface area contributed by atoms with Gasteiger partial charge in [-0.1, -0.05) is 42.1 Å². The molecule has 8 heteroatoms. The van der Waals surface area contributed by atoms with Crippen molar-refractivity contribution >= 4 is 17.7 Å². The molecule has 0 bridgehead atoms. The van der Waals surface area contributed by atoms with Crippen molar-refractivity contribution < 1.29 is 14.6 Å². The predicted octanol–water partition coefficient (Wildman–Crippen LogP) is 4.40. The molecule has 1 unspecified atom stereocenters. The molecule has 7 nitrogen and oxygen atoms in total. The maximum absolute atomic E-state index is 13.0. The van der Waals surface area contributed by atoms with E-state index in [1.54, 1.807) is 12.1 Å². The minimum absolute atomic E-state index is 0.126. The second-order valence-corrected chi connectivity index (χ2v) is 10.3. The Morgan fingerprint density at radius 1 is 1.03 bits per heavy atom. The van der Waals surface area contributed by atoms with Crippen molar-refractivity contribution in [3.8, 4) is 17.1 Å². The number of phenols is 1. The molecule has 3 heterocycles. The minimum atomic E-state index is 0.126. The molecule has 2 aliphatic heterocycles. The first-order valence-corrected chi connectivity index (χ1v) is 13.4. The first-order chi connectivity index (χ1) is 17.2. The Morgan fingerprint density at radius 2 is 1.80 bits per heavy atom. The number of hydrogen-bond acceptors (Lipinski definition) is 6. The maximum atomic E-state index is 13.0. The lowest BCUT2D eigenvalue weighted by atomic mass is 9.90. The van der Waals surface area contributed by atoms with Crippen molar-refractivity contribution in [2.75, 3.05) is 25.4 Å². The van der Waals surface area contributed by atoms with Gasteiger partial charge < -0.3 is 14.7 Å².